The van der Waals surface area contributed by atoms with Crippen molar-refractivity contribution in [3.8, 4) is 6.07 Å². The molecule has 1 rings (SSSR count). The molecule has 1 aromatic carbocycles. The molecule has 0 aliphatic carbocycles. The summed E-state index contributed by atoms with van der Waals surface area (Å²) in [5.74, 6) is -0.391. The van der Waals surface area contributed by atoms with Gasteiger partial charge in [-0.05, 0) is 31.0 Å². The monoisotopic (exact) mass is 321 g/mol. The van der Waals surface area contributed by atoms with Gasteiger partial charge in [0.05, 0.1) is 0 Å². The van der Waals surface area contributed by atoms with Crippen LogP contribution in [0.15, 0.2) is 36.0 Å². The summed E-state index contributed by atoms with van der Waals surface area (Å²) in [5.41, 5.74) is 1.01. The summed E-state index contributed by atoms with van der Waals surface area (Å²) in [6.45, 7) is 4.14. The Bertz CT molecular complexity index is 553. The fourth-order valence-electron chi connectivity index (χ4n) is 1.68. The second kappa shape index (κ2) is 10.7. The van der Waals surface area contributed by atoms with E-state index in [1.54, 1.807) is 6.07 Å². The molecule has 22 heavy (non-hydrogen) atoms. The molecular weight excluding hydrogens is 302 g/mol. The minimum atomic E-state index is -0.391. The maximum absolute atomic E-state index is 11.8. The number of nitriles is 1. The first-order valence-electron chi connectivity index (χ1n) is 7.11. The Kier molecular flexibility index (Phi) is 8.73. The molecule has 118 valence electrons. The van der Waals surface area contributed by atoms with Gasteiger partial charge in [0.2, 0.25) is 0 Å². The van der Waals surface area contributed by atoms with Crippen molar-refractivity contribution in [2.24, 2.45) is 0 Å². The van der Waals surface area contributed by atoms with Gasteiger partial charge in [-0.15, -0.1) is 0 Å². The molecule has 0 heterocycles. The third-order valence-electron chi connectivity index (χ3n) is 2.76. The molecule has 0 radical (unpaired) electrons. The average molecular weight is 322 g/mol. The number of hydrogen-bond acceptors (Lipinski definition) is 4. The van der Waals surface area contributed by atoms with Gasteiger partial charge in [0, 0.05) is 37.5 Å². The van der Waals surface area contributed by atoms with Crippen LogP contribution in [0, 0.1) is 11.3 Å². The van der Waals surface area contributed by atoms with Crippen molar-refractivity contribution in [2.45, 2.75) is 19.9 Å². The summed E-state index contributed by atoms with van der Waals surface area (Å²) in [4.78, 5) is 11.8. The van der Waals surface area contributed by atoms with Crippen LogP contribution in [0.5, 0.6) is 0 Å². The van der Waals surface area contributed by atoms with Crippen molar-refractivity contribution in [1.82, 2.24) is 10.6 Å². The molecule has 1 aromatic rings. The van der Waals surface area contributed by atoms with Crippen molar-refractivity contribution in [1.29, 1.82) is 5.26 Å². The molecule has 0 saturated carbocycles. The molecule has 0 spiro atoms. The second-order valence-corrected chi connectivity index (χ2v) is 4.92. The molecule has 0 aromatic heterocycles. The molecule has 0 bridgehead atoms. The van der Waals surface area contributed by atoms with Crippen LogP contribution >= 0.6 is 11.6 Å². The van der Waals surface area contributed by atoms with Crippen LogP contribution in [0.1, 0.15) is 18.9 Å². The fourth-order valence-corrected chi connectivity index (χ4v) is 1.90. The lowest BCUT2D eigenvalue weighted by Crippen LogP contribution is -2.27. The molecule has 1 amide bonds. The largest absolute Gasteiger partial charge is 0.386 e. The molecule has 6 heteroatoms. The van der Waals surface area contributed by atoms with Crippen molar-refractivity contribution in [3.05, 3.63) is 46.6 Å². The molecular formula is C16H20ClN3O2. The molecule has 0 aliphatic rings. The summed E-state index contributed by atoms with van der Waals surface area (Å²) < 4.78 is 5.17. The molecule has 2 N–H and O–H groups in total. The number of carbonyl (C=O) groups is 1. The highest BCUT2D eigenvalue weighted by Gasteiger charge is 2.07. The summed E-state index contributed by atoms with van der Waals surface area (Å²) >= 11 is 5.89. The Labute approximate surface area is 135 Å². The molecule has 0 atom stereocenters. The highest BCUT2D eigenvalue weighted by Crippen LogP contribution is 2.10. The van der Waals surface area contributed by atoms with E-state index >= 15 is 0 Å². The number of carbonyl (C=O) groups excluding carboxylic acids is 1. The van der Waals surface area contributed by atoms with E-state index in [4.69, 9.17) is 21.6 Å². The van der Waals surface area contributed by atoms with Crippen molar-refractivity contribution in [3.63, 3.8) is 0 Å². The van der Waals surface area contributed by atoms with Gasteiger partial charge in [-0.1, -0.05) is 23.7 Å². The van der Waals surface area contributed by atoms with Crippen LogP contribution in [-0.4, -0.2) is 25.7 Å². The van der Waals surface area contributed by atoms with Crippen LogP contribution < -0.4 is 10.6 Å². The third kappa shape index (κ3) is 7.11. The minimum Gasteiger partial charge on any atom is -0.386 e. The quantitative estimate of drug-likeness (QED) is 0.416. The van der Waals surface area contributed by atoms with Crippen LogP contribution in [0.3, 0.4) is 0 Å². The number of nitrogens with one attached hydrogen (secondary N) is 2. The number of halogens is 1. The lowest BCUT2D eigenvalue weighted by Gasteiger charge is -2.05. The van der Waals surface area contributed by atoms with Gasteiger partial charge < -0.3 is 15.4 Å². The van der Waals surface area contributed by atoms with Crippen LogP contribution in [-0.2, 0) is 16.1 Å². The standard InChI is InChI=1S/C16H20ClN3O2/c1-2-22-8-4-7-20-16(21)14(10-18)12-19-11-13-5-3-6-15(17)9-13/h3,5-6,9,12,19H,2,4,7-8,11H2,1H3,(H,20,21)/b14-12-. The molecule has 0 unspecified atom stereocenters. The molecule has 0 aliphatic heterocycles. The van der Waals surface area contributed by atoms with Gasteiger partial charge in [-0.2, -0.15) is 5.26 Å². The normalized spacial score (nSPS) is 10.9. The minimum absolute atomic E-state index is 0.0402. The maximum atomic E-state index is 11.8. The molecule has 5 nitrogen and oxygen atoms in total. The van der Waals surface area contributed by atoms with E-state index in [-0.39, 0.29) is 5.57 Å². The van der Waals surface area contributed by atoms with E-state index in [2.05, 4.69) is 10.6 Å². The molecule has 0 fully saturated rings. The lowest BCUT2D eigenvalue weighted by atomic mass is 10.2. The Balaban J connectivity index is 2.39. The maximum Gasteiger partial charge on any atom is 0.263 e. The van der Waals surface area contributed by atoms with Gasteiger partial charge in [-0.25, -0.2) is 0 Å². The van der Waals surface area contributed by atoms with Crippen molar-refractivity contribution >= 4 is 17.5 Å². The van der Waals surface area contributed by atoms with E-state index in [0.717, 1.165) is 5.56 Å². The highest BCUT2D eigenvalue weighted by molar-refractivity contribution is 6.30. The summed E-state index contributed by atoms with van der Waals surface area (Å²) in [5, 5.41) is 15.3. The Hall–Kier alpha value is -2.03. The van der Waals surface area contributed by atoms with Crippen LogP contribution in [0.2, 0.25) is 5.02 Å². The van der Waals surface area contributed by atoms with Gasteiger partial charge >= 0.3 is 0 Å². The first-order chi connectivity index (χ1) is 10.7. The van der Waals surface area contributed by atoms with E-state index < -0.39 is 5.91 Å². The summed E-state index contributed by atoms with van der Waals surface area (Å²) in [6.07, 6.45) is 2.13. The molecule has 0 saturated heterocycles. The first kappa shape index (κ1) is 18.0. The number of hydrogen-bond donors (Lipinski definition) is 2. The summed E-state index contributed by atoms with van der Waals surface area (Å²) in [7, 11) is 0. The number of ether oxygens (including phenoxy) is 1. The Morgan fingerprint density at radius 1 is 1.50 bits per heavy atom. The van der Waals surface area contributed by atoms with Gasteiger partial charge in [0.15, 0.2) is 0 Å². The van der Waals surface area contributed by atoms with E-state index in [1.165, 1.54) is 6.20 Å². The fraction of sp³-hybridized carbons (Fsp3) is 0.375. The zero-order valence-electron chi connectivity index (χ0n) is 12.6. The third-order valence-corrected chi connectivity index (χ3v) is 3.00. The van der Waals surface area contributed by atoms with Crippen LogP contribution in [0.4, 0.5) is 0 Å². The van der Waals surface area contributed by atoms with E-state index in [0.29, 0.717) is 37.7 Å². The van der Waals surface area contributed by atoms with Gasteiger partial charge in [0.1, 0.15) is 11.6 Å². The van der Waals surface area contributed by atoms with Gasteiger partial charge in [0.25, 0.3) is 5.91 Å². The Morgan fingerprint density at radius 3 is 3.00 bits per heavy atom. The SMILES string of the molecule is CCOCCCNC(=O)/C(C#N)=C\NCc1cccc(Cl)c1. The predicted octanol–water partition coefficient (Wildman–Crippen LogP) is 2.38. The van der Waals surface area contributed by atoms with E-state index in [9.17, 15) is 4.79 Å². The summed E-state index contributed by atoms with van der Waals surface area (Å²) in [6, 6.07) is 9.25. The van der Waals surface area contributed by atoms with E-state index in [1.807, 2.05) is 31.2 Å². The number of nitrogens with zero attached hydrogens (tertiary/aromatic N) is 1. The topological polar surface area (TPSA) is 74.1 Å². The predicted molar refractivity (Wildman–Crippen MR) is 86.1 cm³/mol. The highest BCUT2D eigenvalue weighted by atomic mass is 35.5. The van der Waals surface area contributed by atoms with Crippen molar-refractivity contribution in [2.75, 3.05) is 19.8 Å². The average Bonchev–Trinajstić information content (AvgIpc) is 2.51. The lowest BCUT2D eigenvalue weighted by molar-refractivity contribution is -0.117. The first-order valence-corrected chi connectivity index (χ1v) is 7.49. The smallest absolute Gasteiger partial charge is 0.263 e. The van der Waals surface area contributed by atoms with Crippen LogP contribution in [0.25, 0.3) is 0 Å². The van der Waals surface area contributed by atoms with Crippen molar-refractivity contribution < 1.29 is 9.53 Å². The zero-order valence-corrected chi connectivity index (χ0v) is 13.3. The Morgan fingerprint density at radius 2 is 2.32 bits per heavy atom. The second-order valence-electron chi connectivity index (χ2n) is 4.49. The van der Waals surface area contributed by atoms with Gasteiger partial charge in [-0.3, -0.25) is 4.79 Å². The number of amides is 1. The zero-order chi connectivity index (χ0) is 16.2. The number of benzene rings is 1. The number of rotatable bonds is 9.